The lowest BCUT2D eigenvalue weighted by Gasteiger charge is -2.33. The van der Waals surface area contributed by atoms with E-state index in [-0.39, 0.29) is 24.3 Å². The molecule has 1 aliphatic carbocycles. The zero-order valence-corrected chi connectivity index (χ0v) is 20.1. The van der Waals surface area contributed by atoms with E-state index in [1.807, 2.05) is 55.6 Å². The number of hydrogen-bond donors (Lipinski definition) is 1. The van der Waals surface area contributed by atoms with Crippen molar-refractivity contribution in [2.24, 2.45) is 0 Å². The average molecular weight is 462 g/mol. The highest BCUT2D eigenvalue weighted by atomic mass is 32.1. The smallest absolute Gasteiger partial charge is 0.248 e. The standard InChI is InChI=1S/C27H31N3O2S/c1-19-14-20(2)16-23(15-19)30(25(31)17-24-11-7-13-33-24)26(21-8-6-12-28-18-21)27(32)29-22-9-4-3-5-10-22/h6-8,11-16,18,22,26H,3-5,9-10,17H2,1-2H3,(H,29,32)/t26-/m0/s1. The second-order valence-electron chi connectivity index (χ2n) is 8.90. The van der Waals surface area contributed by atoms with Gasteiger partial charge in [-0.25, -0.2) is 0 Å². The van der Waals surface area contributed by atoms with Crippen LogP contribution in [-0.4, -0.2) is 22.8 Å². The minimum Gasteiger partial charge on any atom is -0.351 e. The van der Waals surface area contributed by atoms with Crippen LogP contribution < -0.4 is 10.2 Å². The Bertz CT molecular complexity index is 1060. The largest absolute Gasteiger partial charge is 0.351 e. The first kappa shape index (κ1) is 23.2. The zero-order chi connectivity index (χ0) is 23.2. The number of anilines is 1. The molecular weight excluding hydrogens is 430 g/mol. The Hall–Kier alpha value is -2.99. The van der Waals surface area contributed by atoms with Crippen LogP contribution in [0.2, 0.25) is 0 Å². The molecule has 2 aromatic heterocycles. The second-order valence-corrected chi connectivity index (χ2v) is 9.93. The minimum atomic E-state index is -0.783. The maximum atomic E-state index is 13.8. The molecule has 1 aliphatic rings. The number of carbonyl (C=O) groups is 2. The van der Waals surface area contributed by atoms with Gasteiger partial charge in [-0.3, -0.25) is 19.5 Å². The lowest BCUT2D eigenvalue weighted by Crippen LogP contribution is -2.47. The predicted octanol–water partition coefficient (Wildman–Crippen LogP) is 5.53. The molecule has 33 heavy (non-hydrogen) atoms. The maximum Gasteiger partial charge on any atom is 0.248 e. The number of pyridine rings is 1. The van der Waals surface area contributed by atoms with Crippen LogP contribution in [0.4, 0.5) is 5.69 Å². The van der Waals surface area contributed by atoms with Crippen LogP contribution >= 0.6 is 11.3 Å². The van der Waals surface area contributed by atoms with E-state index in [1.165, 1.54) is 6.42 Å². The number of nitrogens with one attached hydrogen (secondary N) is 1. The van der Waals surface area contributed by atoms with E-state index >= 15 is 0 Å². The van der Waals surface area contributed by atoms with Gasteiger partial charge in [0.1, 0.15) is 6.04 Å². The number of thiophene rings is 1. The topological polar surface area (TPSA) is 62.3 Å². The van der Waals surface area contributed by atoms with Crippen LogP contribution in [-0.2, 0) is 16.0 Å². The quantitative estimate of drug-likeness (QED) is 0.503. The van der Waals surface area contributed by atoms with Crippen molar-refractivity contribution >= 4 is 28.8 Å². The molecule has 3 aromatic rings. The van der Waals surface area contributed by atoms with Gasteiger partial charge in [-0.05, 0) is 67.5 Å². The number of amides is 2. The monoisotopic (exact) mass is 461 g/mol. The summed E-state index contributed by atoms with van der Waals surface area (Å²) < 4.78 is 0. The third-order valence-corrected chi connectivity index (χ3v) is 6.99. The van der Waals surface area contributed by atoms with Gasteiger partial charge >= 0.3 is 0 Å². The van der Waals surface area contributed by atoms with Crippen molar-refractivity contribution in [2.75, 3.05) is 4.90 Å². The molecule has 1 N–H and O–H groups in total. The predicted molar refractivity (Wildman–Crippen MR) is 133 cm³/mol. The van der Waals surface area contributed by atoms with E-state index in [1.54, 1.807) is 28.6 Å². The maximum absolute atomic E-state index is 13.8. The van der Waals surface area contributed by atoms with Crippen LogP contribution in [0.3, 0.4) is 0 Å². The molecule has 0 saturated heterocycles. The Morgan fingerprint density at radius 3 is 2.48 bits per heavy atom. The molecule has 0 radical (unpaired) electrons. The zero-order valence-electron chi connectivity index (χ0n) is 19.3. The number of aromatic nitrogens is 1. The van der Waals surface area contributed by atoms with Gasteiger partial charge in [-0.15, -0.1) is 11.3 Å². The molecule has 4 rings (SSSR count). The highest BCUT2D eigenvalue weighted by Crippen LogP contribution is 2.31. The van der Waals surface area contributed by atoms with Crippen molar-refractivity contribution < 1.29 is 9.59 Å². The normalized spacial score (nSPS) is 15.1. The average Bonchev–Trinajstić information content (AvgIpc) is 3.30. The Morgan fingerprint density at radius 1 is 1.09 bits per heavy atom. The van der Waals surface area contributed by atoms with Crippen LogP contribution in [0.25, 0.3) is 0 Å². The number of hydrogen-bond acceptors (Lipinski definition) is 4. The van der Waals surface area contributed by atoms with Gasteiger partial charge in [0.05, 0.1) is 6.42 Å². The SMILES string of the molecule is Cc1cc(C)cc(N(C(=O)Cc2cccs2)[C@H](C(=O)NC2CCCCC2)c2cccnc2)c1. The third-order valence-electron chi connectivity index (χ3n) is 6.12. The Kier molecular flexibility index (Phi) is 7.55. The van der Waals surface area contributed by atoms with Crippen LogP contribution in [0.5, 0.6) is 0 Å². The van der Waals surface area contributed by atoms with Crippen LogP contribution in [0.15, 0.2) is 60.2 Å². The van der Waals surface area contributed by atoms with E-state index in [4.69, 9.17) is 0 Å². The molecule has 2 heterocycles. The third kappa shape index (κ3) is 5.88. The molecule has 0 bridgehead atoms. The first-order chi connectivity index (χ1) is 16.0. The van der Waals surface area contributed by atoms with Gasteiger partial charge in [-0.1, -0.05) is 37.5 Å². The summed E-state index contributed by atoms with van der Waals surface area (Å²) in [5.74, 6) is -0.247. The summed E-state index contributed by atoms with van der Waals surface area (Å²) in [6.07, 6.45) is 9.07. The summed E-state index contributed by atoms with van der Waals surface area (Å²) in [5, 5.41) is 5.22. The van der Waals surface area contributed by atoms with Crippen molar-refractivity contribution in [1.29, 1.82) is 0 Å². The van der Waals surface area contributed by atoms with E-state index < -0.39 is 6.04 Å². The van der Waals surface area contributed by atoms with Crippen LogP contribution in [0, 0.1) is 13.8 Å². The number of carbonyl (C=O) groups excluding carboxylic acids is 2. The lowest BCUT2D eigenvalue weighted by molar-refractivity contribution is -0.127. The molecule has 1 saturated carbocycles. The van der Waals surface area contributed by atoms with Crippen LogP contribution in [0.1, 0.15) is 59.7 Å². The molecule has 1 atom stereocenters. The first-order valence-electron chi connectivity index (χ1n) is 11.6. The molecule has 0 aliphatic heterocycles. The van der Waals surface area contributed by atoms with E-state index in [2.05, 4.69) is 16.4 Å². The number of rotatable bonds is 7. The fourth-order valence-electron chi connectivity index (χ4n) is 4.66. The van der Waals surface area contributed by atoms with Gasteiger partial charge in [0.2, 0.25) is 11.8 Å². The van der Waals surface area contributed by atoms with Crippen molar-refractivity contribution in [2.45, 2.75) is 64.5 Å². The molecule has 6 heteroatoms. The van der Waals surface area contributed by atoms with Gasteiger partial charge < -0.3 is 5.32 Å². The minimum absolute atomic E-state index is 0.102. The summed E-state index contributed by atoms with van der Waals surface area (Å²) in [6.45, 7) is 4.03. The first-order valence-corrected chi connectivity index (χ1v) is 12.5. The van der Waals surface area contributed by atoms with Gasteiger partial charge in [0.25, 0.3) is 0 Å². The van der Waals surface area contributed by atoms with E-state index in [0.717, 1.165) is 47.4 Å². The second kappa shape index (κ2) is 10.8. The van der Waals surface area contributed by atoms with Gasteiger partial charge in [0.15, 0.2) is 0 Å². The molecule has 5 nitrogen and oxygen atoms in total. The fraction of sp³-hybridized carbons (Fsp3) is 0.370. The molecule has 1 fully saturated rings. The fourth-order valence-corrected chi connectivity index (χ4v) is 5.35. The van der Waals surface area contributed by atoms with Gasteiger partial charge in [-0.2, -0.15) is 0 Å². The van der Waals surface area contributed by atoms with Crippen molar-refractivity contribution in [3.8, 4) is 0 Å². The highest BCUT2D eigenvalue weighted by Gasteiger charge is 2.34. The van der Waals surface area contributed by atoms with Crippen molar-refractivity contribution in [3.05, 3.63) is 81.8 Å². The molecular formula is C27H31N3O2S. The number of benzene rings is 1. The van der Waals surface area contributed by atoms with Gasteiger partial charge in [0, 0.05) is 34.6 Å². The molecule has 0 spiro atoms. The lowest BCUT2D eigenvalue weighted by atomic mass is 9.94. The summed E-state index contributed by atoms with van der Waals surface area (Å²) in [5.41, 5.74) is 3.55. The molecule has 0 unspecified atom stereocenters. The summed E-state index contributed by atoms with van der Waals surface area (Å²) in [4.78, 5) is 34.5. The molecule has 2 amide bonds. The number of aryl methyl sites for hydroxylation is 2. The highest BCUT2D eigenvalue weighted by molar-refractivity contribution is 7.10. The van der Waals surface area contributed by atoms with E-state index in [0.29, 0.717) is 5.56 Å². The number of nitrogens with zero attached hydrogens (tertiary/aromatic N) is 2. The summed E-state index contributed by atoms with van der Waals surface area (Å²) in [6, 6.07) is 13.0. The molecule has 172 valence electrons. The summed E-state index contributed by atoms with van der Waals surface area (Å²) >= 11 is 1.55. The Balaban J connectivity index is 1.75. The molecule has 1 aromatic carbocycles. The van der Waals surface area contributed by atoms with E-state index in [9.17, 15) is 9.59 Å². The summed E-state index contributed by atoms with van der Waals surface area (Å²) in [7, 11) is 0. The van der Waals surface area contributed by atoms with Crippen molar-refractivity contribution in [1.82, 2.24) is 10.3 Å². The van der Waals surface area contributed by atoms with Crippen molar-refractivity contribution in [3.63, 3.8) is 0 Å². The Labute approximate surface area is 199 Å². The Morgan fingerprint density at radius 2 is 1.85 bits per heavy atom.